The average Bonchev–Trinajstić information content (AvgIpc) is 2.38. The largest absolute Gasteiger partial charge is 0.314 e. The van der Waals surface area contributed by atoms with E-state index in [1.54, 1.807) is 0 Å². The van der Waals surface area contributed by atoms with Crippen LogP contribution in [0, 0.1) is 11.3 Å². The molecule has 7 heteroatoms. The second-order valence-electron chi connectivity index (χ2n) is 4.83. The predicted molar refractivity (Wildman–Crippen MR) is 79.2 cm³/mol. The first kappa shape index (κ1) is 16.9. The summed E-state index contributed by atoms with van der Waals surface area (Å²) in [5.41, 5.74) is 0.453. The number of rotatable bonds is 3. The van der Waals surface area contributed by atoms with E-state index in [0.29, 0.717) is 11.6 Å². The summed E-state index contributed by atoms with van der Waals surface area (Å²) in [6.07, 6.45) is 1.58. The van der Waals surface area contributed by atoms with Crippen molar-refractivity contribution in [3.8, 4) is 6.07 Å². The molecule has 2 N–H and O–H groups in total. The number of benzene rings is 1. The van der Waals surface area contributed by atoms with Gasteiger partial charge in [0, 0.05) is 12.1 Å². The third-order valence-corrected chi connectivity index (χ3v) is 4.78. The van der Waals surface area contributed by atoms with Crippen molar-refractivity contribution >= 4 is 22.4 Å². The Kier molecular flexibility index (Phi) is 5.96. The standard InChI is InChI=1S/C13H17N3O2S.ClH/c1-10-8-12(6-7-15-10)16-19(17,18)13-4-2-11(9-14)3-5-13;/h2-5,10,12,15-16H,6-8H2,1H3;1H. The Labute approximate surface area is 125 Å². The number of hydrogen-bond acceptors (Lipinski definition) is 4. The van der Waals surface area contributed by atoms with Crippen LogP contribution in [0.15, 0.2) is 29.2 Å². The van der Waals surface area contributed by atoms with E-state index < -0.39 is 10.0 Å². The van der Waals surface area contributed by atoms with Gasteiger partial charge in [0.25, 0.3) is 0 Å². The Balaban J connectivity index is 0.00000200. The maximum atomic E-state index is 12.2. The van der Waals surface area contributed by atoms with Gasteiger partial charge in [-0.25, -0.2) is 13.1 Å². The molecule has 2 rings (SSSR count). The van der Waals surface area contributed by atoms with E-state index in [9.17, 15) is 8.42 Å². The molecule has 1 aliphatic heterocycles. The number of halogens is 1. The van der Waals surface area contributed by atoms with Gasteiger partial charge in [-0.2, -0.15) is 5.26 Å². The summed E-state index contributed by atoms with van der Waals surface area (Å²) in [5.74, 6) is 0. The molecule has 1 saturated heterocycles. The number of nitrogens with one attached hydrogen (secondary N) is 2. The van der Waals surface area contributed by atoms with Crippen LogP contribution in [-0.2, 0) is 10.0 Å². The Morgan fingerprint density at radius 2 is 2.00 bits per heavy atom. The molecule has 0 spiro atoms. The molecule has 20 heavy (non-hydrogen) atoms. The number of hydrogen-bond donors (Lipinski definition) is 2. The smallest absolute Gasteiger partial charge is 0.240 e. The molecular weight excluding hydrogens is 298 g/mol. The van der Waals surface area contributed by atoms with Crippen LogP contribution in [-0.4, -0.2) is 27.0 Å². The first-order chi connectivity index (χ1) is 9.01. The lowest BCUT2D eigenvalue weighted by Gasteiger charge is -2.28. The van der Waals surface area contributed by atoms with Crippen molar-refractivity contribution in [2.75, 3.05) is 6.54 Å². The minimum Gasteiger partial charge on any atom is -0.314 e. The minimum absolute atomic E-state index is 0. The van der Waals surface area contributed by atoms with Gasteiger partial charge in [0.15, 0.2) is 0 Å². The Morgan fingerprint density at radius 3 is 2.55 bits per heavy atom. The number of nitrogens with zero attached hydrogens (tertiary/aromatic N) is 1. The van der Waals surface area contributed by atoms with Gasteiger partial charge in [-0.1, -0.05) is 0 Å². The van der Waals surface area contributed by atoms with E-state index >= 15 is 0 Å². The second kappa shape index (κ2) is 7.04. The number of sulfonamides is 1. The first-order valence-electron chi connectivity index (χ1n) is 6.27. The molecule has 110 valence electrons. The van der Waals surface area contributed by atoms with Crippen molar-refractivity contribution in [3.63, 3.8) is 0 Å². The van der Waals surface area contributed by atoms with Gasteiger partial charge in [0.1, 0.15) is 0 Å². The zero-order chi connectivity index (χ0) is 13.9. The lowest BCUT2D eigenvalue weighted by Crippen LogP contribution is -2.46. The SMILES string of the molecule is CC1CC(NS(=O)(=O)c2ccc(C#N)cc2)CCN1.Cl. The summed E-state index contributed by atoms with van der Waals surface area (Å²) >= 11 is 0. The molecule has 5 nitrogen and oxygen atoms in total. The Bertz CT molecular complexity index is 581. The van der Waals surface area contributed by atoms with Crippen LogP contribution in [0.1, 0.15) is 25.3 Å². The molecule has 2 atom stereocenters. The van der Waals surface area contributed by atoms with E-state index in [0.717, 1.165) is 19.4 Å². The Hall–Kier alpha value is -1.13. The van der Waals surface area contributed by atoms with E-state index in [-0.39, 0.29) is 23.3 Å². The third kappa shape index (κ3) is 4.18. The molecule has 1 aromatic carbocycles. The molecule has 0 aliphatic carbocycles. The Morgan fingerprint density at radius 1 is 1.35 bits per heavy atom. The lowest BCUT2D eigenvalue weighted by molar-refractivity contribution is 0.361. The molecule has 1 heterocycles. The molecule has 0 radical (unpaired) electrons. The van der Waals surface area contributed by atoms with Crippen molar-refractivity contribution in [2.45, 2.75) is 36.7 Å². The molecule has 1 fully saturated rings. The van der Waals surface area contributed by atoms with E-state index in [4.69, 9.17) is 5.26 Å². The average molecular weight is 316 g/mol. The molecule has 2 unspecified atom stereocenters. The van der Waals surface area contributed by atoms with Crippen molar-refractivity contribution in [3.05, 3.63) is 29.8 Å². The summed E-state index contributed by atoms with van der Waals surface area (Å²) in [5, 5.41) is 12.0. The van der Waals surface area contributed by atoms with Gasteiger partial charge in [-0.15, -0.1) is 12.4 Å². The summed E-state index contributed by atoms with van der Waals surface area (Å²) in [7, 11) is -3.50. The number of piperidine rings is 1. The van der Waals surface area contributed by atoms with Gasteiger partial charge in [0.2, 0.25) is 10.0 Å². The van der Waals surface area contributed by atoms with E-state index in [1.807, 2.05) is 13.0 Å². The third-order valence-electron chi connectivity index (χ3n) is 3.24. The highest BCUT2D eigenvalue weighted by molar-refractivity contribution is 7.89. The first-order valence-corrected chi connectivity index (χ1v) is 7.75. The van der Waals surface area contributed by atoms with Crippen molar-refractivity contribution in [2.24, 2.45) is 0 Å². The highest BCUT2D eigenvalue weighted by atomic mass is 35.5. The number of nitriles is 1. The van der Waals surface area contributed by atoms with Crippen LogP contribution < -0.4 is 10.0 Å². The summed E-state index contributed by atoms with van der Waals surface area (Å²) in [6, 6.07) is 8.21. The summed E-state index contributed by atoms with van der Waals surface area (Å²) in [6.45, 7) is 2.86. The fraction of sp³-hybridized carbons (Fsp3) is 0.462. The van der Waals surface area contributed by atoms with Gasteiger partial charge in [-0.05, 0) is 50.6 Å². The zero-order valence-corrected chi connectivity index (χ0v) is 12.8. The highest BCUT2D eigenvalue weighted by Gasteiger charge is 2.24. The van der Waals surface area contributed by atoms with E-state index in [1.165, 1.54) is 24.3 Å². The maximum Gasteiger partial charge on any atom is 0.240 e. The maximum absolute atomic E-state index is 12.2. The van der Waals surface area contributed by atoms with Crippen molar-refractivity contribution in [1.82, 2.24) is 10.0 Å². The van der Waals surface area contributed by atoms with Gasteiger partial charge >= 0.3 is 0 Å². The molecule has 0 bridgehead atoms. The van der Waals surface area contributed by atoms with Crippen LogP contribution in [0.3, 0.4) is 0 Å². The topological polar surface area (TPSA) is 82.0 Å². The van der Waals surface area contributed by atoms with Gasteiger partial charge in [-0.3, -0.25) is 0 Å². The normalized spacial score (nSPS) is 22.6. The van der Waals surface area contributed by atoms with Gasteiger partial charge in [0.05, 0.1) is 16.5 Å². The van der Waals surface area contributed by atoms with Crippen LogP contribution in [0.25, 0.3) is 0 Å². The zero-order valence-electron chi connectivity index (χ0n) is 11.2. The predicted octanol–water partition coefficient (Wildman–Crippen LogP) is 1.40. The minimum atomic E-state index is -3.50. The summed E-state index contributed by atoms with van der Waals surface area (Å²) in [4.78, 5) is 0.206. The highest BCUT2D eigenvalue weighted by Crippen LogP contribution is 2.14. The molecule has 0 saturated carbocycles. The molecule has 0 aromatic heterocycles. The van der Waals surface area contributed by atoms with Crippen molar-refractivity contribution < 1.29 is 8.42 Å². The molecular formula is C13H18ClN3O2S. The second-order valence-corrected chi connectivity index (χ2v) is 6.55. The fourth-order valence-electron chi connectivity index (χ4n) is 2.24. The molecule has 0 amide bonds. The summed E-state index contributed by atoms with van der Waals surface area (Å²) < 4.78 is 27.1. The van der Waals surface area contributed by atoms with Gasteiger partial charge < -0.3 is 5.32 Å². The monoisotopic (exact) mass is 315 g/mol. The van der Waals surface area contributed by atoms with E-state index in [2.05, 4.69) is 10.0 Å². The van der Waals surface area contributed by atoms with Crippen LogP contribution >= 0.6 is 12.4 Å². The lowest BCUT2D eigenvalue weighted by atomic mass is 10.0. The van der Waals surface area contributed by atoms with Crippen LogP contribution in [0.5, 0.6) is 0 Å². The van der Waals surface area contributed by atoms with Crippen LogP contribution in [0.4, 0.5) is 0 Å². The molecule has 1 aliphatic rings. The fourth-order valence-corrected chi connectivity index (χ4v) is 3.52. The van der Waals surface area contributed by atoms with Crippen LogP contribution in [0.2, 0.25) is 0 Å². The van der Waals surface area contributed by atoms with Crippen molar-refractivity contribution in [1.29, 1.82) is 5.26 Å². The molecule has 1 aromatic rings. The quantitative estimate of drug-likeness (QED) is 0.883.